The van der Waals surface area contributed by atoms with Gasteiger partial charge >= 0.3 is 5.97 Å². The summed E-state index contributed by atoms with van der Waals surface area (Å²) in [5.74, 6) is -2.33. The molecule has 0 aliphatic heterocycles. The zero-order valence-corrected chi connectivity index (χ0v) is 23.9. The van der Waals surface area contributed by atoms with Gasteiger partial charge < -0.3 is 15.7 Å². The first-order valence-electron chi connectivity index (χ1n) is 13.5. The predicted octanol–water partition coefficient (Wildman–Crippen LogP) is 7.09. The van der Waals surface area contributed by atoms with E-state index in [-0.39, 0.29) is 30.3 Å². The molecule has 1 amide bonds. The Morgan fingerprint density at radius 3 is 2.30 bits per heavy atom. The van der Waals surface area contributed by atoms with E-state index in [1.165, 1.54) is 12.1 Å². The average Bonchev–Trinajstić information content (AvgIpc) is 2.90. The van der Waals surface area contributed by atoms with E-state index >= 15 is 0 Å². The highest BCUT2D eigenvalue weighted by molar-refractivity contribution is 5.99. The maximum Gasteiger partial charge on any atom is 0.305 e. The topological polar surface area (TPSA) is 90.8 Å². The van der Waals surface area contributed by atoms with E-state index in [4.69, 9.17) is 5.11 Å². The molecule has 0 radical (unpaired) electrons. The smallest absolute Gasteiger partial charge is 0.305 e. The highest BCUT2D eigenvalue weighted by atomic mass is 19.1. The van der Waals surface area contributed by atoms with E-state index in [2.05, 4.69) is 54.8 Å². The van der Waals surface area contributed by atoms with Crippen molar-refractivity contribution in [1.82, 2.24) is 10.6 Å². The normalized spacial score (nSPS) is 12.1. The van der Waals surface area contributed by atoms with Gasteiger partial charge in [-0.15, -0.1) is 0 Å². The van der Waals surface area contributed by atoms with Gasteiger partial charge in [0.25, 0.3) is 5.91 Å². The van der Waals surface area contributed by atoms with E-state index in [1.54, 1.807) is 19.1 Å². The van der Waals surface area contributed by atoms with Crippen molar-refractivity contribution in [3.05, 3.63) is 94.1 Å². The summed E-state index contributed by atoms with van der Waals surface area (Å²) in [6.07, 6.45) is 5.32. The Kier molecular flexibility index (Phi) is 12.5. The zero-order valence-electron chi connectivity index (χ0n) is 23.9. The van der Waals surface area contributed by atoms with Crippen molar-refractivity contribution in [1.29, 1.82) is 0 Å². The van der Waals surface area contributed by atoms with Gasteiger partial charge in [-0.3, -0.25) is 9.59 Å². The molecule has 0 bridgehead atoms. The third-order valence-electron chi connectivity index (χ3n) is 6.48. The van der Waals surface area contributed by atoms with E-state index < -0.39 is 17.6 Å². The van der Waals surface area contributed by atoms with Crippen LogP contribution in [-0.2, 0) is 4.79 Å². The number of hydrogen-bond acceptors (Lipinski definition) is 4. The van der Waals surface area contributed by atoms with E-state index in [1.807, 2.05) is 18.2 Å². The van der Waals surface area contributed by atoms with Crippen LogP contribution < -0.4 is 10.6 Å². The number of aliphatic carboxylic acids is 1. The van der Waals surface area contributed by atoms with Crippen LogP contribution in [0.5, 0.6) is 0 Å². The van der Waals surface area contributed by atoms with Crippen LogP contribution in [0.4, 0.5) is 8.78 Å². The minimum Gasteiger partial charge on any atom is -0.481 e. The van der Waals surface area contributed by atoms with Gasteiger partial charge in [-0.05, 0) is 66.8 Å². The molecule has 0 spiro atoms. The van der Waals surface area contributed by atoms with Crippen molar-refractivity contribution in [2.45, 2.75) is 72.8 Å². The van der Waals surface area contributed by atoms with Crippen molar-refractivity contribution in [3.8, 4) is 0 Å². The molecule has 0 aliphatic rings. The largest absolute Gasteiger partial charge is 0.481 e. The van der Waals surface area contributed by atoms with Gasteiger partial charge in [0.05, 0.1) is 12.5 Å². The molecule has 214 valence electrons. The number of carbonyl (C=O) groups is 2. The Morgan fingerprint density at radius 2 is 1.73 bits per heavy atom. The molecule has 2 rings (SSSR count). The Labute approximate surface area is 235 Å². The van der Waals surface area contributed by atoms with Crippen molar-refractivity contribution in [2.24, 2.45) is 10.4 Å². The molecule has 40 heavy (non-hydrogen) atoms. The number of rotatable bonds is 14. The SMILES string of the molecule is CCCC[C@@H](NC(=C=C=CC(C)(C)CC)/N=C(\C)c1cc(F)cc(F)c1)c1ccc(C(=O)NCCC(=O)O)cc1. The number of aliphatic imine (C=N–C) groups is 1. The van der Waals surface area contributed by atoms with Crippen LogP contribution in [0.2, 0.25) is 0 Å². The Morgan fingerprint density at radius 1 is 1.07 bits per heavy atom. The first-order valence-corrected chi connectivity index (χ1v) is 13.5. The number of carboxylic acid groups (broad SMARTS) is 1. The third-order valence-corrected chi connectivity index (χ3v) is 6.48. The number of nitrogens with zero attached hydrogens (tertiary/aromatic N) is 1. The number of allylic oxidation sites excluding steroid dienone is 1. The van der Waals surface area contributed by atoms with Crippen molar-refractivity contribution in [2.75, 3.05) is 6.54 Å². The lowest BCUT2D eigenvalue weighted by atomic mass is 9.91. The minimum absolute atomic E-state index is 0.0476. The number of hydrogen-bond donors (Lipinski definition) is 3. The van der Waals surface area contributed by atoms with Crippen molar-refractivity contribution >= 4 is 17.6 Å². The number of amides is 1. The predicted molar refractivity (Wildman–Crippen MR) is 154 cm³/mol. The number of carbonyl (C=O) groups excluding carboxylic acids is 1. The molecule has 0 unspecified atom stereocenters. The van der Waals surface area contributed by atoms with E-state index in [0.29, 0.717) is 22.7 Å². The van der Waals surface area contributed by atoms with Gasteiger partial charge in [0.15, 0.2) is 5.82 Å². The number of benzene rings is 2. The maximum absolute atomic E-state index is 13.9. The number of unbranched alkanes of at least 4 members (excludes halogenated alkanes) is 1. The highest BCUT2D eigenvalue weighted by Crippen LogP contribution is 2.23. The van der Waals surface area contributed by atoms with Crippen LogP contribution in [0.3, 0.4) is 0 Å². The standard InChI is InChI=1S/C32H39F2N3O3/c1-6-8-10-28(23-12-14-24(15-13-23)31(40)35-18-16-30(38)39)37-29(11-9-17-32(4,5)7-2)36-22(3)25-19-26(33)21-27(34)20-25/h12-15,17,19-21,28,37H,6-8,10,16,18H2,1-5H3,(H,35,40)(H,38,39)/b29-17?,36-22+/t28-/m1/s1. The molecular weight excluding hydrogens is 512 g/mol. The first-order chi connectivity index (χ1) is 18.9. The van der Waals surface area contributed by atoms with Gasteiger partial charge in [0.2, 0.25) is 0 Å². The molecular formula is C32H39F2N3O3. The van der Waals surface area contributed by atoms with Gasteiger partial charge in [0.1, 0.15) is 11.6 Å². The van der Waals surface area contributed by atoms with Crippen molar-refractivity contribution in [3.63, 3.8) is 0 Å². The summed E-state index contributed by atoms with van der Waals surface area (Å²) in [5, 5.41) is 14.8. The molecule has 2 aromatic carbocycles. The van der Waals surface area contributed by atoms with Gasteiger partial charge in [-0.25, -0.2) is 13.8 Å². The second kappa shape index (κ2) is 15.6. The van der Waals surface area contributed by atoms with Crippen LogP contribution in [0.25, 0.3) is 0 Å². The summed E-state index contributed by atoms with van der Waals surface area (Å²) in [4.78, 5) is 27.7. The number of halogens is 2. The Bertz CT molecular complexity index is 1280. The fourth-order valence-electron chi connectivity index (χ4n) is 3.64. The van der Waals surface area contributed by atoms with Crippen LogP contribution in [0, 0.1) is 17.0 Å². The zero-order chi connectivity index (χ0) is 29.7. The molecule has 0 saturated carbocycles. The monoisotopic (exact) mass is 551 g/mol. The number of carboxylic acids is 1. The van der Waals surface area contributed by atoms with Crippen LogP contribution >= 0.6 is 0 Å². The summed E-state index contributed by atoms with van der Waals surface area (Å²) in [6.45, 7) is 10.1. The summed E-state index contributed by atoms with van der Waals surface area (Å²) >= 11 is 0. The molecule has 0 fully saturated rings. The second-order valence-corrected chi connectivity index (χ2v) is 10.3. The fraction of sp³-hybridized carbons (Fsp3) is 0.406. The molecule has 0 saturated heterocycles. The fourth-order valence-corrected chi connectivity index (χ4v) is 3.64. The molecule has 2 aromatic rings. The van der Waals surface area contributed by atoms with Crippen molar-refractivity contribution < 1.29 is 23.5 Å². The second-order valence-electron chi connectivity index (χ2n) is 10.3. The van der Waals surface area contributed by atoms with Gasteiger partial charge in [-0.1, -0.05) is 58.4 Å². The lowest BCUT2D eigenvalue weighted by Gasteiger charge is -2.20. The van der Waals surface area contributed by atoms with Gasteiger partial charge in [-0.2, -0.15) is 0 Å². The van der Waals surface area contributed by atoms with Crippen LogP contribution in [0.1, 0.15) is 94.2 Å². The van der Waals surface area contributed by atoms with E-state index in [9.17, 15) is 18.4 Å². The number of nitrogens with one attached hydrogen (secondary N) is 2. The molecule has 0 heterocycles. The molecule has 1 atom stereocenters. The first kappa shape index (κ1) is 32.2. The molecule has 0 aliphatic carbocycles. The average molecular weight is 552 g/mol. The summed E-state index contributed by atoms with van der Waals surface area (Å²) in [7, 11) is 0. The highest BCUT2D eigenvalue weighted by Gasteiger charge is 2.15. The van der Waals surface area contributed by atoms with Gasteiger partial charge in [0, 0.05) is 29.4 Å². The lowest BCUT2D eigenvalue weighted by Crippen LogP contribution is -2.26. The summed E-state index contributed by atoms with van der Waals surface area (Å²) < 4.78 is 27.7. The lowest BCUT2D eigenvalue weighted by molar-refractivity contribution is -0.136. The molecule has 3 N–H and O–H groups in total. The molecule has 8 heteroatoms. The minimum atomic E-state index is -0.980. The summed E-state index contributed by atoms with van der Waals surface area (Å²) in [6, 6.07) is 10.2. The quantitative estimate of drug-likeness (QED) is 0.173. The Balaban J connectivity index is 2.44. The third kappa shape index (κ3) is 11.0. The van der Waals surface area contributed by atoms with E-state index in [0.717, 1.165) is 37.3 Å². The Hall–Kier alpha value is -3.99. The van der Waals surface area contributed by atoms with Crippen LogP contribution in [-0.4, -0.2) is 29.2 Å². The van der Waals surface area contributed by atoms with Crippen LogP contribution in [0.15, 0.2) is 70.8 Å². The summed E-state index contributed by atoms with van der Waals surface area (Å²) in [5.41, 5.74) is 8.16. The molecule has 0 aromatic heterocycles. The molecule has 6 nitrogen and oxygen atoms in total. The maximum atomic E-state index is 13.9.